The molecule has 1 aliphatic heterocycles. The van der Waals surface area contributed by atoms with E-state index in [0.717, 1.165) is 0 Å². The van der Waals surface area contributed by atoms with E-state index in [-0.39, 0.29) is 23.5 Å². The van der Waals surface area contributed by atoms with Crippen molar-refractivity contribution in [2.45, 2.75) is 18.9 Å². The number of hydrogen-bond donors (Lipinski definition) is 2. The van der Waals surface area contributed by atoms with Crippen molar-refractivity contribution < 1.29 is 23.8 Å². The van der Waals surface area contributed by atoms with E-state index in [1.54, 1.807) is 53.4 Å². The zero-order valence-corrected chi connectivity index (χ0v) is 16.3. The Kier molecular flexibility index (Phi) is 7.14. The fourth-order valence-corrected chi connectivity index (χ4v) is 3.20. The normalized spacial score (nSPS) is 16.3. The molecule has 0 spiro atoms. The van der Waals surface area contributed by atoms with Crippen LogP contribution in [0.1, 0.15) is 24.5 Å². The van der Waals surface area contributed by atoms with E-state index >= 15 is 0 Å². The molecule has 0 aromatic heterocycles. The molecule has 0 saturated carbocycles. The highest BCUT2D eigenvalue weighted by atomic mass is 19.1. The Labute approximate surface area is 174 Å². The van der Waals surface area contributed by atoms with E-state index in [0.29, 0.717) is 36.4 Å². The summed E-state index contributed by atoms with van der Waals surface area (Å²) >= 11 is 0. The van der Waals surface area contributed by atoms with Gasteiger partial charge in [-0.1, -0.05) is 30.3 Å². The third-order valence-electron chi connectivity index (χ3n) is 4.96. The van der Waals surface area contributed by atoms with Crippen molar-refractivity contribution in [1.29, 1.82) is 0 Å². The van der Waals surface area contributed by atoms with Crippen molar-refractivity contribution >= 4 is 11.6 Å². The smallest absolute Gasteiger partial charge is 0.231 e. The summed E-state index contributed by atoms with van der Waals surface area (Å²) in [5.74, 6) is -0.494. The Morgan fingerprint density at radius 1 is 0.900 bits per heavy atom. The number of aromatic hydroxyl groups is 1. The number of phenols is 1. The molecule has 0 radical (unpaired) electrons. The Bertz CT molecular complexity index is 946. The van der Waals surface area contributed by atoms with Crippen LogP contribution in [0.2, 0.25) is 0 Å². The number of phenolic OH excluding ortho intramolecular Hbond substituents is 1. The van der Waals surface area contributed by atoms with E-state index < -0.39 is 6.10 Å². The summed E-state index contributed by atoms with van der Waals surface area (Å²) < 4.78 is 25.7. The zero-order valence-electron chi connectivity index (χ0n) is 16.3. The number of rotatable bonds is 5. The van der Waals surface area contributed by atoms with Crippen LogP contribution in [0.4, 0.5) is 14.5 Å². The lowest BCUT2D eigenvalue weighted by atomic mass is 9.90. The fraction of sp³-hybridized carbons (Fsp3) is 0.208. The average molecular weight is 411 g/mol. The summed E-state index contributed by atoms with van der Waals surface area (Å²) in [6.45, 7) is 0.570. The Balaban J connectivity index is 0.000000310. The third kappa shape index (κ3) is 5.64. The number of carbonyl (C=O) groups excluding carboxylic acids is 1. The second kappa shape index (κ2) is 9.98. The van der Waals surface area contributed by atoms with Gasteiger partial charge in [0, 0.05) is 12.2 Å². The van der Waals surface area contributed by atoms with Crippen molar-refractivity contribution in [3.63, 3.8) is 0 Å². The first-order valence-electron chi connectivity index (χ1n) is 9.68. The lowest BCUT2D eigenvalue weighted by Crippen LogP contribution is -2.52. The maximum atomic E-state index is 12.9. The third-order valence-corrected chi connectivity index (χ3v) is 4.96. The lowest BCUT2D eigenvalue weighted by Gasteiger charge is -2.38. The monoisotopic (exact) mass is 411 g/mol. The van der Waals surface area contributed by atoms with Crippen LogP contribution < -0.4 is 4.90 Å². The molecule has 2 atom stereocenters. The Hall–Kier alpha value is -3.25. The van der Waals surface area contributed by atoms with Gasteiger partial charge in [0.2, 0.25) is 5.91 Å². The fourth-order valence-electron chi connectivity index (χ4n) is 3.20. The van der Waals surface area contributed by atoms with E-state index in [1.807, 2.05) is 6.07 Å². The molecule has 3 aromatic rings. The number of β-lactam (4-membered cyclic amide) rings is 1. The molecule has 4 rings (SSSR count). The molecule has 156 valence electrons. The van der Waals surface area contributed by atoms with Crippen molar-refractivity contribution in [1.82, 2.24) is 0 Å². The van der Waals surface area contributed by atoms with Gasteiger partial charge in [0.1, 0.15) is 17.4 Å². The van der Waals surface area contributed by atoms with Gasteiger partial charge in [-0.15, -0.1) is 0 Å². The quantitative estimate of drug-likeness (QED) is 0.591. The maximum Gasteiger partial charge on any atom is 0.231 e. The molecular formula is C24H23F2NO3. The van der Waals surface area contributed by atoms with Crippen molar-refractivity contribution in [3.8, 4) is 5.75 Å². The van der Waals surface area contributed by atoms with Gasteiger partial charge < -0.3 is 15.1 Å². The molecule has 1 fully saturated rings. The van der Waals surface area contributed by atoms with Gasteiger partial charge >= 0.3 is 0 Å². The standard InChI is InChI=1S/C18H17F2NO2.C6H6O/c19-14-4-1-12(2-5-14)17(22)10-3-13-11-21(18(13)23)16-8-6-15(20)7-9-16;7-6-4-2-1-3-5-6/h1-2,4-9,13,17,22H,3,10-11H2;1-5,7H/t13-,17+;/m1./s1. The van der Waals surface area contributed by atoms with Gasteiger partial charge in [0.05, 0.1) is 12.0 Å². The van der Waals surface area contributed by atoms with E-state index in [2.05, 4.69) is 0 Å². The van der Waals surface area contributed by atoms with Crippen molar-refractivity contribution in [3.05, 3.63) is 96.1 Å². The van der Waals surface area contributed by atoms with Crippen LogP contribution in [0.3, 0.4) is 0 Å². The number of nitrogens with zero attached hydrogens (tertiary/aromatic N) is 1. The Morgan fingerprint density at radius 3 is 1.97 bits per heavy atom. The summed E-state index contributed by atoms with van der Waals surface area (Å²) in [5.41, 5.74) is 1.33. The predicted molar refractivity (Wildman–Crippen MR) is 111 cm³/mol. The Morgan fingerprint density at radius 2 is 1.47 bits per heavy atom. The zero-order chi connectivity index (χ0) is 21.5. The predicted octanol–water partition coefficient (Wildman–Crippen LogP) is 4.83. The molecule has 0 unspecified atom stereocenters. The minimum atomic E-state index is -0.705. The van der Waals surface area contributed by atoms with Crippen LogP contribution in [-0.4, -0.2) is 22.7 Å². The van der Waals surface area contributed by atoms with Crippen LogP contribution >= 0.6 is 0 Å². The summed E-state index contributed by atoms with van der Waals surface area (Å²) in [4.78, 5) is 13.7. The SMILES string of the molecule is O=C1[C@H](CC[C@H](O)c2ccc(F)cc2)CN1c1ccc(F)cc1.Oc1ccccc1. The van der Waals surface area contributed by atoms with Gasteiger partial charge in [0.25, 0.3) is 0 Å². The summed E-state index contributed by atoms with van der Waals surface area (Å²) in [6, 6.07) is 20.2. The van der Waals surface area contributed by atoms with Crippen LogP contribution in [0.25, 0.3) is 0 Å². The minimum absolute atomic E-state index is 0.0112. The maximum absolute atomic E-state index is 12.9. The molecule has 1 amide bonds. The van der Waals surface area contributed by atoms with Gasteiger partial charge in [-0.25, -0.2) is 8.78 Å². The number of amides is 1. The molecular weight excluding hydrogens is 388 g/mol. The average Bonchev–Trinajstić information content (AvgIpc) is 2.75. The van der Waals surface area contributed by atoms with E-state index in [4.69, 9.17) is 5.11 Å². The molecule has 1 saturated heterocycles. The summed E-state index contributed by atoms with van der Waals surface area (Å²) in [7, 11) is 0. The number of benzene rings is 3. The molecule has 0 bridgehead atoms. The largest absolute Gasteiger partial charge is 0.508 e. The van der Waals surface area contributed by atoms with Gasteiger partial charge in [-0.05, 0) is 66.9 Å². The summed E-state index contributed by atoms with van der Waals surface area (Å²) in [5, 5.41) is 18.7. The number of para-hydroxylation sites is 1. The molecule has 1 heterocycles. The second-order valence-electron chi connectivity index (χ2n) is 7.10. The van der Waals surface area contributed by atoms with E-state index in [9.17, 15) is 18.7 Å². The van der Waals surface area contributed by atoms with Gasteiger partial charge in [-0.2, -0.15) is 0 Å². The molecule has 3 aromatic carbocycles. The molecule has 30 heavy (non-hydrogen) atoms. The van der Waals surface area contributed by atoms with Crippen molar-refractivity contribution in [2.24, 2.45) is 5.92 Å². The first-order valence-corrected chi connectivity index (χ1v) is 9.68. The number of anilines is 1. The summed E-state index contributed by atoms with van der Waals surface area (Å²) in [6.07, 6.45) is 0.303. The first-order chi connectivity index (χ1) is 14.4. The number of carbonyl (C=O) groups is 1. The topological polar surface area (TPSA) is 60.8 Å². The molecule has 0 aliphatic carbocycles. The van der Waals surface area contributed by atoms with Crippen molar-refractivity contribution in [2.75, 3.05) is 11.4 Å². The number of halogens is 2. The van der Waals surface area contributed by atoms with Crippen LogP contribution in [0, 0.1) is 17.6 Å². The highest BCUT2D eigenvalue weighted by Gasteiger charge is 2.37. The van der Waals surface area contributed by atoms with Crippen LogP contribution in [-0.2, 0) is 4.79 Å². The number of hydrogen-bond acceptors (Lipinski definition) is 3. The van der Waals surface area contributed by atoms with Crippen LogP contribution in [0.5, 0.6) is 5.75 Å². The highest BCUT2D eigenvalue weighted by molar-refractivity contribution is 6.01. The molecule has 4 nitrogen and oxygen atoms in total. The second-order valence-corrected chi connectivity index (χ2v) is 7.10. The van der Waals surface area contributed by atoms with E-state index in [1.165, 1.54) is 24.3 Å². The number of aliphatic hydroxyl groups is 1. The van der Waals surface area contributed by atoms with Gasteiger partial charge in [0.15, 0.2) is 0 Å². The molecule has 1 aliphatic rings. The molecule has 2 N–H and O–H groups in total. The van der Waals surface area contributed by atoms with Gasteiger partial charge in [-0.3, -0.25) is 4.79 Å². The van der Waals surface area contributed by atoms with Crippen LogP contribution in [0.15, 0.2) is 78.9 Å². The molecule has 6 heteroatoms. The number of aliphatic hydroxyl groups excluding tert-OH is 1. The first kappa shape index (κ1) is 21.5. The highest BCUT2D eigenvalue weighted by Crippen LogP contribution is 2.31. The lowest BCUT2D eigenvalue weighted by molar-refractivity contribution is -0.127. The minimum Gasteiger partial charge on any atom is -0.508 e.